The van der Waals surface area contributed by atoms with Gasteiger partial charge < -0.3 is 4.90 Å². The summed E-state index contributed by atoms with van der Waals surface area (Å²) in [6.07, 6.45) is 12.6. The molecule has 0 N–H and O–H groups in total. The van der Waals surface area contributed by atoms with Crippen molar-refractivity contribution in [2.75, 3.05) is 14.1 Å². The predicted molar refractivity (Wildman–Crippen MR) is 49.6 cm³/mol. The highest BCUT2D eigenvalue weighted by Gasteiger charge is 2.06. The van der Waals surface area contributed by atoms with Gasteiger partial charge in [0.15, 0.2) is 0 Å². The highest BCUT2D eigenvalue weighted by Crippen LogP contribution is 2.10. The number of hydrogen-bond donors (Lipinski definition) is 0. The summed E-state index contributed by atoms with van der Waals surface area (Å²) in [6, 6.07) is 0.639. The Bertz CT molecular complexity index is 156. The second kappa shape index (κ2) is 4.35. The fourth-order valence-electron chi connectivity index (χ4n) is 1.34. The lowest BCUT2D eigenvalue weighted by atomic mass is 10.1. The molecule has 0 saturated carbocycles. The molecule has 0 bridgehead atoms. The molecule has 1 heteroatoms. The second-order valence-electron chi connectivity index (χ2n) is 3.27. The normalized spacial score (nSPS) is 31.0. The smallest absolute Gasteiger partial charge is 0.0275 e. The van der Waals surface area contributed by atoms with Crippen LogP contribution in [0.2, 0.25) is 0 Å². The van der Waals surface area contributed by atoms with E-state index in [1.165, 1.54) is 19.3 Å². The quantitative estimate of drug-likeness (QED) is 0.555. The van der Waals surface area contributed by atoms with E-state index in [0.29, 0.717) is 6.04 Å². The Kier molecular flexibility index (Phi) is 3.37. The number of allylic oxidation sites excluding steroid dienone is 3. The summed E-state index contributed by atoms with van der Waals surface area (Å²) >= 11 is 0. The van der Waals surface area contributed by atoms with Crippen LogP contribution >= 0.6 is 0 Å². The summed E-state index contributed by atoms with van der Waals surface area (Å²) in [7, 11) is 4.28. The fraction of sp³-hybridized carbons (Fsp3) is 0.600. The van der Waals surface area contributed by atoms with Crippen LogP contribution in [0.25, 0.3) is 0 Å². The van der Waals surface area contributed by atoms with Crippen LogP contribution in [0.3, 0.4) is 0 Å². The van der Waals surface area contributed by atoms with E-state index in [-0.39, 0.29) is 0 Å². The van der Waals surface area contributed by atoms with Gasteiger partial charge >= 0.3 is 0 Å². The molecule has 62 valence electrons. The average molecular weight is 151 g/mol. The van der Waals surface area contributed by atoms with Gasteiger partial charge in [-0.15, -0.1) is 0 Å². The van der Waals surface area contributed by atoms with E-state index in [9.17, 15) is 0 Å². The van der Waals surface area contributed by atoms with Crippen LogP contribution in [0, 0.1) is 0 Å². The molecule has 0 fully saturated rings. The Morgan fingerprint density at radius 2 is 2.09 bits per heavy atom. The van der Waals surface area contributed by atoms with Crippen molar-refractivity contribution >= 4 is 0 Å². The van der Waals surface area contributed by atoms with E-state index in [4.69, 9.17) is 0 Å². The molecule has 0 aromatic rings. The number of rotatable bonds is 1. The largest absolute Gasteiger partial charge is 0.303 e. The third kappa shape index (κ3) is 2.89. The Labute approximate surface area is 69.4 Å². The van der Waals surface area contributed by atoms with E-state index < -0.39 is 0 Å². The van der Waals surface area contributed by atoms with Crippen molar-refractivity contribution in [2.45, 2.75) is 25.3 Å². The van der Waals surface area contributed by atoms with E-state index in [1.807, 2.05) is 0 Å². The van der Waals surface area contributed by atoms with Crippen molar-refractivity contribution < 1.29 is 0 Å². The topological polar surface area (TPSA) is 3.24 Å². The van der Waals surface area contributed by atoms with Gasteiger partial charge in [-0.25, -0.2) is 0 Å². The first-order valence-corrected chi connectivity index (χ1v) is 4.30. The summed E-state index contributed by atoms with van der Waals surface area (Å²) < 4.78 is 0. The fourth-order valence-corrected chi connectivity index (χ4v) is 1.34. The van der Waals surface area contributed by atoms with Gasteiger partial charge in [-0.1, -0.05) is 24.3 Å². The summed E-state index contributed by atoms with van der Waals surface area (Å²) in [5, 5.41) is 0. The third-order valence-electron chi connectivity index (χ3n) is 2.11. The van der Waals surface area contributed by atoms with E-state index in [2.05, 4.69) is 43.3 Å². The molecule has 0 spiro atoms. The van der Waals surface area contributed by atoms with Crippen molar-refractivity contribution in [1.29, 1.82) is 0 Å². The van der Waals surface area contributed by atoms with Crippen LogP contribution in [0.15, 0.2) is 24.3 Å². The first kappa shape index (κ1) is 8.54. The molecule has 1 rings (SSSR count). The molecule has 1 unspecified atom stereocenters. The Morgan fingerprint density at radius 1 is 1.27 bits per heavy atom. The maximum atomic E-state index is 2.27. The standard InChI is InChI=1S/C10H17N/c1-11(2)10-8-6-4-3-5-7-9-10/h3-4,6,8,10H,5,7,9H2,1-2H3/b4-3-,8-6-. The molecular formula is C10H17N. The first-order valence-electron chi connectivity index (χ1n) is 4.30. The average Bonchev–Trinajstić information content (AvgIpc) is 1.84. The maximum absolute atomic E-state index is 2.27. The molecular weight excluding hydrogens is 134 g/mol. The van der Waals surface area contributed by atoms with Gasteiger partial charge in [0.2, 0.25) is 0 Å². The molecule has 0 saturated heterocycles. The maximum Gasteiger partial charge on any atom is 0.0275 e. The molecule has 0 amide bonds. The molecule has 0 radical (unpaired) electrons. The molecule has 1 aliphatic carbocycles. The Balaban J connectivity index is 2.51. The molecule has 0 heterocycles. The zero-order valence-electron chi connectivity index (χ0n) is 7.46. The van der Waals surface area contributed by atoms with Gasteiger partial charge in [0.05, 0.1) is 0 Å². The van der Waals surface area contributed by atoms with Crippen molar-refractivity contribution in [3.05, 3.63) is 24.3 Å². The molecule has 0 aliphatic heterocycles. The number of likely N-dealkylation sites (N-methyl/N-ethyl adjacent to an activating group) is 1. The molecule has 0 aromatic carbocycles. The van der Waals surface area contributed by atoms with Gasteiger partial charge in [0, 0.05) is 6.04 Å². The van der Waals surface area contributed by atoms with Crippen LogP contribution in [-0.4, -0.2) is 25.0 Å². The molecule has 1 nitrogen and oxygen atoms in total. The lowest BCUT2D eigenvalue weighted by molar-refractivity contribution is 0.323. The predicted octanol–water partition coefficient (Wildman–Crippen LogP) is 2.21. The van der Waals surface area contributed by atoms with Gasteiger partial charge in [0.25, 0.3) is 0 Å². The summed E-state index contributed by atoms with van der Waals surface area (Å²) in [5.41, 5.74) is 0. The minimum atomic E-state index is 0.639. The molecule has 11 heavy (non-hydrogen) atoms. The minimum absolute atomic E-state index is 0.639. The van der Waals surface area contributed by atoms with Gasteiger partial charge in [-0.3, -0.25) is 0 Å². The van der Waals surface area contributed by atoms with Crippen LogP contribution in [0.4, 0.5) is 0 Å². The van der Waals surface area contributed by atoms with Crippen molar-refractivity contribution in [1.82, 2.24) is 4.90 Å². The van der Waals surface area contributed by atoms with Gasteiger partial charge in [-0.05, 0) is 33.4 Å². The SMILES string of the molecule is CN(C)C1/C=C\C=C/CCC1. The van der Waals surface area contributed by atoms with Crippen LogP contribution in [0.5, 0.6) is 0 Å². The van der Waals surface area contributed by atoms with Gasteiger partial charge in [0.1, 0.15) is 0 Å². The Morgan fingerprint density at radius 3 is 2.82 bits per heavy atom. The van der Waals surface area contributed by atoms with Crippen LogP contribution < -0.4 is 0 Å². The van der Waals surface area contributed by atoms with Gasteiger partial charge in [-0.2, -0.15) is 0 Å². The molecule has 1 aliphatic rings. The zero-order chi connectivity index (χ0) is 8.10. The summed E-state index contributed by atoms with van der Waals surface area (Å²) in [5.74, 6) is 0. The van der Waals surface area contributed by atoms with Crippen LogP contribution in [-0.2, 0) is 0 Å². The summed E-state index contributed by atoms with van der Waals surface area (Å²) in [6.45, 7) is 0. The zero-order valence-corrected chi connectivity index (χ0v) is 7.46. The Hall–Kier alpha value is -0.560. The highest BCUT2D eigenvalue weighted by molar-refractivity contribution is 5.07. The van der Waals surface area contributed by atoms with E-state index in [1.54, 1.807) is 0 Å². The molecule has 0 aromatic heterocycles. The van der Waals surface area contributed by atoms with E-state index in [0.717, 1.165) is 0 Å². The number of nitrogens with zero attached hydrogens (tertiary/aromatic N) is 1. The highest BCUT2D eigenvalue weighted by atomic mass is 15.1. The van der Waals surface area contributed by atoms with Crippen LogP contribution in [0.1, 0.15) is 19.3 Å². The van der Waals surface area contributed by atoms with Crippen molar-refractivity contribution in [3.63, 3.8) is 0 Å². The van der Waals surface area contributed by atoms with E-state index >= 15 is 0 Å². The third-order valence-corrected chi connectivity index (χ3v) is 2.11. The molecule has 1 atom stereocenters. The lowest BCUT2D eigenvalue weighted by Gasteiger charge is -2.21. The minimum Gasteiger partial charge on any atom is -0.303 e. The summed E-state index contributed by atoms with van der Waals surface area (Å²) in [4.78, 5) is 2.27. The number of hydrogen-bond acceptors (Lipinski definition) is 1. The monoisotopic (exact) mass is 151 g/mol. The second-order valence-corrected chi connectivity index (χ2v) is 3.27. The lowest BCUT2D eigenvalue weighted by Crippen LogP contribution is -2.25. The first-order chi connectivity index (χ1) is 5.30. The van der Waals surface area contributed by atoms with Crippen molar-refractivity contribution in [2.24, 2.45) is 0 Å². The van der Waals surface area contributed by atoms with Crippen molar-refractivity contribution in [3.8, 4) is 0 Å².